The minimum atomic E-state index is -0.167. The van der Waals surface area contributed by atoms with Crippen LogP contribution in [0.4, 0.5) is 5.69 Å². The SMILES string of the molecule is CCOC(C)CNC(=O)c1ccc(N)c(OC)c1. The number of hydrogen-bond donors (Lipinski definition) is 2. The van der Waals surface area contributed by atoms with Crippen molar-refractivity contribution in [3.05, 3.63) is 23.8 Å². The Kier molecular flexibility index (Phi) is 5.45. The molecular weight excluding hydrogens is 232 g/mol. The van der Waals surface area contributed by atoms with E-state index in [0.29, 0.717) is 30.2 Å². The van der Waals surface area contributed by atoms with Crippen LogP contribution in [0.5, 0.6) is 5.75 Å². The summed E-state index contributed by atoms with van der Waals surface area (Å²) >= 11 is 0. The average molecular weight is 252 g/mol. The van der Waals surface area contributed by atoms with Gasteiger partial charge in [-0.05, 0) is 32.0 Å². The molecule has 1 aromatic carbocycles. The lowest BCUT2D eigenvalue weighted by atomic mass is 10.1. The lowest BCUT2D eigenvalue weighted by molar-refractivity contribution is 0.0695. The van der Waals surface area contributed by atoms with Gasteiger partial charge in [-0.3, -0.25) is 4.79 Å². The number of rotatable bonds is 6. The van der Waals surface area contributed by atoms with Crippen LogP contribution in [0.2, 0.25) is 0 Å². The molecular formula is C13H20N2O3. The minimum absolute atomic E-state index is 0.00497. The standard InChI is InChI=1S/C13H20N2O3/c1-4-18-9(2)8-15-13(16)10-5-6-11(14)12(7-10)17-3/h5-7,9H,4,8,14H2,1-3H3,(H,15,16). The van der Waals surface area contributed by atoms with Gasteiger partial charge in [-0.25, -0.2) is 0 Å². The topological polar surface area (TPSA) is 73.6 Å². The van der Waals surface area contributed by atoms with Crippen molar-refractivity contribution in [1.29, 1.82) is 0 Å². The van der Waals surface area contributed by atoms with Crippen LogP contribution in [-0.4, -0.2) is 32.3 Å². The van der Waals surface area contributed by atoms with Gasteiger partial charge in [0.2, 0.25) is 0 Å². The van der Waals surface area contributed by atoms with Crippen molar-refractivity contribution in [2.75, 3.05) is 26.0 Å². The molecule has 1 aromatic rings. The van der Waals surface area contributed by atoms with Crippen molar-refractivity contribution >= 4 is 11.6 Å². The molecule has 0 aliphatic carbocycles. The first-order valence-corrected chi connectivity index (χ1v) is 5.91. The summed E-state index contributed by atoms with van der Waals surface area (Å²) in [5.74, 6) is 0.334. The Morgan fingerprint density at radius 3 is 2.83 bits per heavy atom. The zero-order chi connectivity index (χ0) is 13.5. The predicted octanol–water partition coefficient (Wildman–Crippen LogP) is 1.43. The molecule has 100 valence electrons. The third-order valence-electron chi connectivity index (χ3n) is 2.50. The number of hydrogen-bond acceptors (Lipinski definition) is 4. The zero-order valence-electron chi connectivity index (χ0n) is 11.0. The number of nitrogens with one attached hydrogen (secondary N) is 1. The van der Waals surface area contributed by atoms with Crippen LogP contribution in [0.15, 0.2) is 18.2 Å². The molecule has 5 nitrogen and oxygen atoms in total. The summed E-state index contributed by atoms with van der Waals surface area (Å²) in [7, 11) is 1.52. The number of carbonyl (C=O) groups is 1. The fourth-order valence-corrected chi connectivity index (χ4v) is 1.53. The Hall–Kier alpha value is -1.75. The van der Waals surface area contributed by atoms with Crippen molar-refractivity contribution < 1.29 is 14.3 Å². The van der Waals surface area contributed by atoms with Crippen molar-refractivity contribution in [3.63, 3.8) is 0 Å². The third kappa shape index (κ3) is 3.92. The third-order valence-corrected chi connectivity index (χ3v) is 2.50. The fraction of sp³-hybridized carbons (Fsp3) is 0.462. The number of ether oxygens (including phenoxy) is 2. The fourth-order valence-electron chi connectivity index (χ4n) is 1.53. The van der Waals surface area contributed by atoms with E-state index in [2.05, 4.69) is 5.32 Å². The van der Waals surface area contributed by atoms with Crippen LogP contribution in [0.3, 0.4) is 0 Å². The number of methoxy groups -OCH3 is 1. The van der Waals surface area contributed by atoms with E-state index in [0.717, 1.165) is 0 Å². The highest BCUT2D eigenvalue weighted by molar-refractivity contribution is 5.95. The van der Waals surface area contributed by atoms with Crippen LogP contribution in [0.1, 0.15) is 24.2 Å². The highest BCUT2D eigenvalue weighted by Gasteiger charge is 2.10. The van der Waals surface area contributed by atoms with Gasteiger partial charge in [0.25, 0.3) is 5.91 Å². The van der Waals surface area contributed by atoms with Crippen molar-refractivity contribution in [3.8, 4) is 5.75 Å². The highest BCUT2D eigenvalue weighted by Crippen LogP contribution is 2.21. The highest BCUT2D eigenvalue weighted by atomic mass is 16.5. The maximum Gasteiger partial charge on any atom is 0.251 e. The van der Waals surface area contributed by atoms with Gasteiger partial charge < -0.3 is 20.5 Å². The Labute approximate surface area is 107 Å². The van der Waals surface area contributed by atoms with Gasteiger partial charge in [-0.2, -0.15) is 0 Å². The van der Waals surface area contributed by atoms with Crippen molar-refractivity contribution in [2.24, 2.45) is 0 Å². The Morgan fingerprint density at radius 1 is 1.50 bits per heavy atom. The second-order valence-corrected chi connectivity index (χ2v) is 3.93. The number of nitrogen functional groups attached to an aromatic ring is 1. The van der Waals surface area contributed by atoms with Gasteiger partial charge in [0.1, 0.15) is 5.75 Å². The molecule has 0 radical (unpaired) electrons. The zero-order valence-corrected chi connectivity index (χ0v) is 11.0. The molecule has 0 aliphatic heterocycles. The summed E-state index contributed by atoms with van der Waals surface area (Å²) < 4.78 is 10.4. The molecule has 0 bridgehead atoms. The maximum atomic E-state index is 11.9. The second-order valence-electron chi connectivity index (χ2n) is 3.93. The number of benzene rings is 1. The van der Waals surface area contributed by atoms with Gasteiger partial charge in [-0.15, -0.1) is 0 Å². The second kappa shape index (κ2) is 6.86. The summed E-state index contributed by atoms with van der Waals surface area (Å²) in [4.78, 5) is 11.9. The molecule has 5 heteroatoms. The maximum absolute atomic E-state index is 11.9. The molecule has 0 fully saturated rings. The molecule has 0 heterocycles. The van der Waals surface area contributed by atoms with Crippen LogP contribution in [-0.2, 0) is 4.74 Å². The van der Waals surface area contributed by atoms with Gasteiger partial charge in [-0.1, -0.05) is 0 Å². The Balaban J connectivity index is 2.61. The number of nitrogens with two attached hydrogens (primary N) is 1. The molecule has 1 rings (SSSR count). The Morgan fingerprint density at radius 2 is 2.22 bits per heavy atom. The summed E-state index contributed by atoms with van der Waals surface area (Å²) in [6, 6.07) is 4.94. The molecule has 1 amide bonds. The van der Waals surface area contributed by atoms with E-state index in [1.54, 1.807) is 18.2 Å². The molecule has 3 N–H and O–H groups in total. The van der Waals surface area contributed by atoms with Crippen molar-refractivity contribution in [2.45, 2.75) is 20.0 Å². The molecule has 18 heavy (non-hydrogen) atoms. The molecule has 1 atom stereocenters. The normalized spacial score (nSPS) is 11.9. The molecule has 0 aromatic heterocycles. The molecule has 0 spiro atoms. The summed E-state index contributed by atoms with van der Waals surface area (Å²) in [6.07, 6.45) is -0.00497. The van der Waals surface area contributed by atoms with E-state index in [1.165, 1.54) is 7.11 Å². The van der Waals surface area contributed by atoms with Gasteiger partial charge in [0.05, 0.1) is 18.9 Å². The number of amides is 1. The Bertz CT molecular complexity index is 407. The predicted molar refractivity (Wildman–Crippen MR) is 70.8 cm³/mol. The lowest BCUT2D eigenvalue weighted by Gasteiger charge is -2.13. The van der Waals surface area contributed by atoms with E-state index < -0.39 is 0 Å². The molecule has 1 unspecified atom stereocenters. The van der Waals surface area contributed by atoms with Crippen LogP contribution >= 0.6 is 0 Å². The van der Waals surface area contributed by atoms with E-state index >= 15 is 0 Å². The van der Waals surface area contributed by atoms with Crippen LogP contribution < -0.4 is 15.8 Å². The van der Waals surface area contributed by atoms with Gasteiger partial charge in [0.15, 0.2) is 0 Å². The van der Waals surface area contributed by atoms with Gasteiger partial charge in [0, 0.05) is 18.7 Å². The summed E-state index contributed by atoms with van der Waals surface area (Å²) in [6.45, 7) is 4.93. The lowest BCUT2D eigenvalue weighted by Crippen LogP contribution is -2.32. The van der Waals surface area contributed by atoms with Crippen molar-refractivity contribution in [1.82, 2.24) is 5.32 Å². The van der Waals surface area contributed by atoms with E-state index in [1.807, 2.05) is 13.8 Å². The minimum Gasteiger partial charge on any atom is -0.495 e. The average Bonchev–Trinajstić information content (AvgIpc) is 2.37. The quantitative estimate of drug-likeness (QED) is 0.751. The first-order chi connectivity index (χ1) is 8.58. The van der Waals surface area contributed by atoms with Crippen LogP contribution in [0, 0.1) is 0 Å². The molecule has 0 saturated carbocycles. The van der Waals surface area contributed by atoms with E-state index in [9.17, 15) is 4.79 Å². The summed E-state index contributed by atoms with van der Waals surface area (Å²) in [5, 5.41) is 2.79. The molecule has 0 aliphatic rings. The summed E-state index contributed by atoms with van der Waals surface area (Å²) in [5.41, 5.74) is 6.71. The molecule has 0 saturated heterocycles. The largest absolute Gasteiger partial charge is 0.495 e. The number of anilines is 1. The monoisotopic (exact) mass is 252 g/mol. The van der Waals surface area contributed by atoms with Gasteiger partial charge >= 0.3 is 0 Å². The first kappa shape index (κ1) is 14.3. The first-order valence-electron chi connectivity index (χ1n) is 5.91. The smallest absolute Gasteiger partial charge is 0.251 e. The van der Waals surface area contributed by atoms with E-state index in [4.69, 9.17) is 15.2 Å². The van der Waals surface area contributed by atoms with Crippen LogP contribution in [0.25, 0.3) is 0 Å². The van der Waals surface area contributed by atoms with E-state index in [-0.39, 0.29) is 12.0 Å². The number of carbonyl (C=O) groups excluding carboxylic acids is 1.